The van der Waals surface area contributed by atoms with Gasteiger partial charge in [-0.3, -0.25) is 0 Å². The van der Waals surface area contributed by atoms with Gasteiger partial charge in [0.05, 0.1) is 0 Å². The molecule has 0 radical (unpaired) electrons. The minimum absolute atomic E-state index is 0.550. The maximum absolute atomic E-state index is 4.57. The zero-order valence-electron chi connectivity index (χ0n) is 12.8. The Balaban J connectivity index is 0.000000861. The molecule has 2 rings (SSSR count). The number of aromatic nitrogens is 2. The molecule has 0 amide bonds. The molecule has 5 heteroatoms. The zero-order chi connectivity index (χ0) is 14.3. The summed E-state index contributed by atoms with van der Waals surface area (Å²) in [6.07, 6.45) is 4.15. The molecule has 19 heavy (non-hydrogen) atoms. The molecule has 5 nitrogen and oxygen atoms in total. The standard InChI is InChI=1S/C12H21N5.C2H6/c1-16(2)11-6-9-14-12(15-11)17(3)10-4-7-13-8-5-10;1-2/h6,9-10,13H,4-5,7-8H2,1-3H3;1-2H3. The Morgan fingerprint density at radius 2 is 1.79 bits per heavy atom. The third kappa shape index (κ3) is 4.35. The molecule has 1 aliphatic heterocycles. The summed E-state index contributed by atoms with van der Waals surface area (Å²) >= 11 is 0. The van der Waals surface area contributed by atoms with Crippen LogP contribution in [0.15, 0.2) is 12.3 Å². The van der Waals surface area contributed by atoms with Crippen molar-refractivity contribution in [3.8, 4) is 0 Å². The SMILES string of the molecule is CC.CN(C)c1ccnc(N(C)C2CCNCC2)n1. The Morgan fingerprint density at radius 1 is 1.16 bits per heavy atom. The van der Waals surface area contributed by atoms with Crippen LogP contribution in [0.1, 0.15) is 26.7 Å². The van der Waals surface area contributed by atoms with E-state index in [2.05, 4.69) is 27.2 Å². The van der Waals surface area contributed by atoms with Crippen molar-refractivity contribution in [2.24, 2.45) is 0 Å². The van der Waals surface area contributed by atoms with Crippen LogP contribution in [0, 0.1) is 0 Å². The minimum Gasteiger partial charge on any atom is -0.363 e. The highest BCUT2D eigenvalue weighted by molar-refractivity contribution is 5.42. The molecule has 1 N–H and O–H groups in total. The van der Waals surface area contributed by atoms with E-state index in [-0.39, 0.29) is 0 Å². The molecule has 0 unspecified atom stereocenters. The van der Waals surface area contributed by atoms with Gasteiger partial charge in [0.15, 0.2) is 0 Å². The van der Waals surface area contributed by atoms with E-state index < -0.39 is 0 Å². The Labute approximate surface area is 117 Å². The maximum atomic E-state index is 4.57. The van der Waals surface area contributed by atoms with Gasteiger partial charge in [0, 0.05) is 33.4 Å². The number of hydrogen-bond donors (Lipinski definition) is 1. The number of nitrogens with one attached hydrogen (secondary N) is 1. The molecule has 0 atom stereocenters. The first-order valence-corrected chi connectivity index (χ1v) is 7.12. The lowest BCUT2D eigenvalue weighted by Crippen LogP contribution is -2.42. The van der Waals surface area contributed by atoms with Gasteiger partial charge in [0.1, 0.15) is 5.82 Å². The number of anilines is 2. The Kier molecular flexibility index (Phi) is 6.56. The number of nitrogens with zero attached hydrogens (tertiary/aromatic N) is 4. The maximum Gasteiger partial charge on any atom is 0.227 e. The van der Waals surface area contributed by atoms with Crippen LogP contribution in [0.5, 0.6) is 0 Å². The molecule has 0 aliphatic carbocycles. The van der Waals surface area contributed by atoms with Crippen LogP contribution in [0.2, 0.25) is 0 Å². The highest BCUT2D eigenvalue weighted by Crippen LogP contribution is 2.17. The fourth-order valence-corrected chi connectivity index (χ4v) is 2.12. The smallest absolute Gasteiger partial charge is 0.227 e. The fourth-order valence-electron chi connectivity index (χ4n) is 2.12. The number of piperidine rings is 1. The van der Waals surface area contributed by atoms with Gasteiger partial charge in [-0.05, 0) is 32.0 Å². The normalized spacial score (nSPS) is 15.4. The van der Waals surface area contributed by atoms with E-state index in [1.807, 2.05) is 45.1 Å². The summed E-state index contributed by atoms with van der Waals surface area (Å²) in [5, 5.41) is 3.37. The summed E-state index contributed by atoms with van der Waals surface area (Å²) in [6, 6.07) is 2.48. The third-order valence-corrected chi connectivity index (χ3v) is 3.26. The quantitative estimate of drug-likeness (QED) is 0.902. The monoisotopic (exact) mass is 265 g/mol. The van der Waals surface area contributed by atoms with Crippen molar-refractivity contribution in [1.29, 1.82) is 0 Å². The molecular formula is C14H27N5. The highest BCUT2D eigenvalue weighted by Gasteiger charge is 2.19. The predicted molar refractivity (Wildman–Crippen MR) is 82.0 cm³/mol. The average molecular weight is 265 g/mol. The van der Waals surface area contributed by atoms with Crippen LogP contribution in [0.4, 0.5) is 11.8 Å². The van der Waals surface area contributed by atoms with E-state index in [9.17, 15) is 0 Å². The first kappa shape index (κ1) is 15.7. The minimum atomic E-state index is 0.550. The van der Waals surface area contributed by atoms with E-state index >= 15 is 0 Å². The van der Waals surface area contributed by atoms with Crippen molar-refractivity contribution in [3.63, 3.8) is 0 Å². The molecule has 1 aliphatic rings. The number of hydrogen-bond acceptors (Lipinski definition) is 5. The summed E-state index contributed by atoms with van der Waals surface area (Å²) in [5.41, 5.74) is 0. The second kappa shape index (κ2) is 7.94. The van der Waals surface area contributed by atoms with Gasteiger partial charge < -0.3 is 15.1 Å². The Bertz CT molecular complexity index is 361. The first-order chi connectivity index (χ1) is 9.18. The van der Waals surface area contributed by atoms with Gasteiger partial charge in [-0.15, -0.1) is 0 Å². The van der Waals surface area contributed by atoms with E-state index in [1.54, 1.807) is 0 Å². The second-order valence-corrected chi connectivity index (χ2v) is 4.70. The predicted octanol–water partition coefficient (Wildman–Crippen LogP) is 1.76. The van der Waals surface area contributed by atoms with E-state index in [1.165, 1.54) is 0 Å². The summed E-state index contributed by atoms with van der Waals surface area (Å²) in [4.78, 5) is 13.1. The summed E-state index contributed by atoms with van der Waals surface area (Å²) in [6.45, 7) is 6.17. The van der Waals surface area contributed by atoms with E-state index in [4.69, 9.17) is 0 Å². The lowest BCUT2D eigenvalue weighted by molar-refractivity contribution is 0.439. The molecule has 1 aromatic rings. The third-order valence-electron chi connectivity index (χ3n) is 3.26. The summed E-state index contributed by atoms with van der Waals surface area (Å²) in [5.74, 6) is 1.78. The topological polar surface area (TPSA) is 44.3 Å². The fraction of sp³-hybridized carbons (Fsp3) is 0.714. The van der Waals surface area contributed by atoms with Crippen molar-refractivity contribution < 1.29 is 0 Å². The zero-order valence-corrected chi connectivity index (χ0v) is 12.8. The average Bonchev–Trinajstić information content (AvgIpc) is 2.49. The van der Waals surface area contributed by atoms with Crippen molar-refractivity contribution >= 4 is 11.8 Å². The van der Waals surface area contributed by atoms with Crippen molar-refractivity contribution in [3.05, 3.63) is 12.3 Å². The second-order valence-electron chi connectivity index (χ2n) is 4.70. The van der Waals surface area contributed by atoms with E-state index in [0.717, 1.165) is 37.7 Å². The molecular weight excluding hydrogens is 238 g/mol. The summed E-state index contributed by atoms with van der Waals surface area (Å²) in [7, 11) is 6.08. The Hall–Kier alpha value is -1.36. The van der Waals surface area contributed by atoms with Gasteiger partial charge in [0.2, 0.25) is 5.95 Å². The molecule has 1 fully saturated rings. The number of rotatable bonds is 3. The first-order valence-electron chi connectivity index (χ1n) is 7.12. The molecule has 1 saturated heterocycles. The van der Waals surface area contributed by atoms with Gasteiger partial charge in [-0.1, -0.05) is 13.8 Å². The van der Waals surface area contributed by atoms with Gasteiger partial charge in [0.25, 0.3) is 0 Å². The van der Waals surface area contributed by atoms with Crippen LogP contribution in [0.25, 0.3) is 0 Å². The molecule has 0 aromatic carbocycles. The molecule has 2 heterocycles. The van der Waals surface area contributed by atoms with Crippen molar-refractivity contribution in [2.75, 3.05) is 44.0 Å². The van der Waals surface area contributed by atoms with Crippen molar-refractivity contribution in [1.82, 2.24) is 15.3 Å². The van der Waals surface area contributed by atoms with Crippen LogP contribution < -0.4 is 15.1 Å². The van der Waals surface area contributed by atoms with Crippen LogP contribution in [-0.4, -0.2) is 50.2 Å². The highest BCUT2D eigenvalue weighted by atomic mass is 15.3. The largest absolute Gasteiger partial charge is 0.363 e. The van der Waals surface area contributed by atoms with Crippen molar-refractivity contribution in [2.45, 2.75) is 32.7 Å². The van der Waals surface area contributed by atoms with Gasteiger partial charge >= 0.3 is 0 Å². The molecule has 1 aromatic heterocycles. The van der Waals surface area contributed by atoms with E-state index in [0.29, 0.717) is 6.04 Å². The molecule has 108 valence electrons. The van der Waals surface area contributed by atoms with Crippen LogP contribution >= 0.6 is 0 Å². The Morgan fingerprint density at radius 3 is 2.37 bits per heavy atom. The van der Waals surface area contributed by atoms with Gasteiger partial charge in [-0.2, -0.15) is 4.98 Å². The molecule has 0 saturated carbocycles. The van der Waals surface area contributed by atoms with Crippen LogP contribution in [-0.2, 0) is 0 Å². The molecule has 0 bridgehead atoms. The lowest BCUT2D eigenvalue weighted by Gasteiger charge is -2.31. The summed E-state index contributed by atoms with van der Waals surface area (Å²) < 4.78 is 0. The lowest BCUT2D eigenvalue weighted by atomic mass is 10.1. The molecule has 0 spiro atoms. The van der Waals surface area contributed by atoms with Crippen LogP contribution in [0.3, 0.4) is 0 Å². The van der Waals surface area contributed by atoms with Gasteiger partial charge in [-0.25, -0.2) is 4.98 Å².